The van der Waals surface area contributed by atoms with Crippen molar-refractivity contribution in [1.82, 2.24) is 5.32 Å². The minimum atomic E-state index is 0.750. The summed E-state index contributed by atoms with van der Waals surface area (Å²) in [6.07, 6.45) is 2.64. The van der Waals surface area contributed by atoms with Gasteiger partial charge in [0.1, 0.15) is 0 Å². The Labute approximate surface area is 85.8 Å². The molecule has 0 bridgehead atoms. The Bertz CT molecular complexity index is 320. The smallest absolute Gasteiger partial charge is 0.0397 e. The van der Waals surface area contributed by atoms with Gasteiger partial charge in [0.2, 0.25) is 0 Å². The van der Waals surface area contributed by atoms with Crippen LogP contribution in [0.2, 0.25) is 0 Å². The molecule has 0 saturated heterocycles. The van der Waals surface area contributed by atoms with Crippen LogP contribution in [0.25, 0.3) is 0 Å². The van der Waals surface area contributed by atoms with Crippen LogP contribution >= 0.6 is 0 Å². The third-order valence-corrected chi connectivity index (χ3v) is 2.71. The van der Waals surface area contributed by atoms with Gasteiger partial charge in [-0.15, -0.1) is 0 Å². The standard InChI is InChI=1S/C13H17N/c1-10-3-5-12(6-4-10)9-14-11(2)13-7-8-13/h3-6,13-14H,2,7-9H2,1H3. The van der Waals surface area contributed by atoms with Crippen LogP contribution in [0, 0.1) is 12.8 Å². The average molecular weight is 187 g/mol. The maximum Gasteiger partial charge on any atom is 0.0397 e. The molecule has 1 nitrogen and oxygen atoms in total. The van der Waals surface area contributed by atoms with E-state index in [1.165, 1.54) is 29.7 Å². The molecule has 0 radical (unpaired) electrons. The summed E-state index contributed by atoms with van der Waals surface area (Å²) in [6, 6.07) is 8.64. The van der Waals surface area contributed by atoms with Crippen LogP contribution in [0.1, 0.15) is 24.0 Å². The van der Waals surface area contributed by atoms with Gasteiger partial charge in [-0.05, 0) is 31.2 Å². The molecule has 1 aliphatic carbocycles. The fraction of sp³-hybridized carbons (Fsp3) is 0.385. The maximum atomic E-state index is 4.04. The highest BCUT2D eigenvalue weighted by Crippen LogP contribution is 2.34. The van der Waals surface area contributed by atoms with E-state index < -0.39 is 0 Å². The lowest BCUT2D eigenvalue weighted by atomic mass is 10.1. The predicted molar refractivity (Wildman–Crippen MR) is 59.9 cm³/mol. The van der Waals surface area contributed by atoms with Crippen molar-refractivity contribution in [3.8, 4) is 0 Å². The van der Waals surface area contributed by atoms with Gasteiger partial charge in [0, 0.05) is 12.2 Å². The molecule has 0 heterocycles. The van der Waals surface area contributed by atoms with Gasteiger partial charge in [0.05, 0.1) is 0 Å². The summed E-state index contributed by atoms with van der Waals surface area (Å²) in [5.41, 5.74) is 3.86. The lowest BCUT2D eigenvalue weighted by molar-refractivity contribution is 0.747. The Morgan fingerprint density at radius 2 is 2.00 bits per heavy atom. The molecular formula is C13H17N. The molecule has 74 valence electrons. The Morgan fingerprint density at radius 3 is 2.57 bits per heavy atom. The highest BCUT2D eigenvalue weighted by atomic mass is 14.9. The van der Waals surface area contributed by atoms with Gasteiger partial charge < -0.3 is 5.32 Å². The minimum Gasteiger partial charge on any atom is -0.385 e. The quantitative estimate of drug-likeness (QED) is 0.764. The number of hydrogen-bond acceptors (Lipinski definition) is 1. The molecule has 0 aliphatic heterocycles. The van der Waals surface area contributed by atoms with Crippen LogP contribution in [0.15, 0.2) is 36.5 Å². The van der Waals surface area contributed by atoms with Gasteiger partial charge in [-0.25, -0.2) is 0 Å². The zero-order valence-corrected chi connectivity index (χ0v) is 8.72. The fourth-order valence-electron chi connectivity index (χ4n) is 1.50. The highest BCUT2D eigenvalue weighted by Gasteiger charge is 2.24. The third-order valence-electron chi connectivity index (χ3n) is 2.71. The Balaban J connectivity index is 1.85. The van der Waals surface area contributed by atoms with Gasteiger partial charge >= 0.3 is 0 Å². The first-order valence-electron chi connectivity index (χ1n) is 5.24. The number of aryl methyl sites for hydroxylation is 1. The van der Waals surface area contributed by atoms with Crippen LogP contribution < -0.4 is 5.32 Å². The number of hydrogen-bond donors (Lipinski definition) is 1. The molecule has 1 N–H and O–H groups in total. The first-order valence-corrected chi connectivity index (χ1v) is 5.24. The average Bonchev–Trinajstić information content (AvgIpc) is 3.00. The van der Waals surface area contributed by atoms with Crippen LogP contribution in [0.4, 0.5) is 0 Å². The van der Waals surface area contributed by atoms with Crippen molar-refractivity contribution in [2.24, 2.45) is 5.92 Å². The Hall–Kier alpha value is -1.24. The molecule has 14 heavy (non-hydrogen) atoms. The molecule has 1 aromatic carbocycles. The SMILES string of the molecule is C=C(NCc1ccc(C)cc1)C1CC1. The normalized spacial score (nSPS) is 15.2. The first kappa shape index (κ1) is 9.32. The molecule has 0 atom stereocenters. The van der Waals surface area contributed by atoms with Crippen molar-refractivity contribution >= 4 is 0 Å². The van der Waals surface area contributed by atoms with Crippen LogP contribution in [0.3, 0.4) is 0 Å². The number of rotatable bonds is 4. The van der Waals surface area contributed by atoms with E-state index in [2.05, 4.69) is 43.1 Å². The summed E-state index contributed by atoms with van der Waals surface area (Å²) in [5.74, 6) is 0.750. The molecule has 2 rings (SSSR count). The van der Waals surface area contributed by atoms with Gasteiger partial charge in [0.15, 0.2) is 0 Å². The largest absolute Gasteiger partial charge is 0.385 e. The van der Waals surface area contributed by atoms with E-state index in [0.717, 1.165) is 12.5 Å². The summed E-state index contributed by atoms with van der Waals surface area (Å²) in [4.78, 5) is 0. The second-order valence-electron chi connectivity index (χ2n) is 4.14. The van der Waals surface area contributed by atoms with E-state index in [1.807, 2.05) is 0 Å². The summed E-state index contributed by atoms with van der Waals surface area (Å²) in [5, 5.41) is 3.39. The summed E-state index contributed by atoms with van der Waals surface area (Å²) < 4.78 is 0. The van der Waals surface area contributed by atoms with Crippen molar-refractivity contribution in [3.05, 3.63) is 47.7 Å². The second kappa shape index (κ2) is 3.87. The van der Waals surface area contributed by atoms with Crippen molar-refractivity contribution in [3.63, 3.8) is 0 Å². The van der Waals surface area contributed by atoms with Gasteiger partial charge in [-0.1, -0.05) is 36.4 Å². The van der Waals surface area contributed by atoms with Gasteiger partial charge in [-0.3, -0.25) is 0 Å². The molecule has 0 aromatic heterocycles. The van der Waals surface area contributed by atoms with Crippen LogP contribution in [-0.4, -0.2) is 0 Å². The third kappa shape index (κ3) is 2.38. The maximum absolute atomic E-state index is 4.04. The van der Waals surface area contributed by atoms with Crippen molar-refractivity contribution in [2.45, 2.75) is 26.3 Å². The molecule has 0 unspecified atom stereocenters. The predicted octanol–water partition coefficient (Wildman–Crippen LogP) is 3.01. The fourth-order valence-corrected chi connectivity index (χ4v) is 1.50. The zero-order chi connectivity index (χ0) is 9.97. The lowest BCUT2D eigenvalue weighted by Crippen LogP contribution is -2.12. The molecule has 1 fully saturated rings. The summed E-state index contributed by atoms with van der Waals surface area (Å²) in [6.45, 7) is 7.06. The summed E-state index contributed by atoms with van der Waals surface area (Å²) in [7, 11) is 0. The Morgan fingerprint density at radius 1 is 1.36 bits per heavy atom. The van der Waals surface area contributed by atoms with E-state index in [1.54, 1.807) is 0 Å². The summed E-state index contributed by atoms with van der Waals surface area (Å²) >= 11 is 0. The topological polar surface area (TPSA) is 12.0 Å². The Kier molecular flexibility index (Phi) is 2.58. The highest BCUT2D eigenvalue weighted by molar-refractivity contribution is 5.22. The lowest BCUT2D eigenvalue weighted by Gasteiger charge is -2.08. The van der Waals surface area contributed by atoms with E-state index >= 15 is 0 Å². The zero-order valence-electron chi connectivity index (χ0n) is 8.72. The van der Waals surface area contributed by atoms with Crippen LogP contribution in [0.5, 0.6) is 0 Å². The van der Waals surface area contributed by atoms with Gasteiger partial charge in [-0.2, -0.15) is 0 Å². The van der Waals surface area contributed by atoms with Crippen LogP contribution in [-0.2, 0) is 6.54 Å². The monoisotopic (exact) mass is 187 g/mol. The van der Waals surface area contributed by atoms with Crippen molar-refractivity contribution in [1.29, 1.82) is 0 Å². The first-order chi connectivity index (χ1) is 6.75. The van der Waals surface area contributed by atoms with E-state index in [0.29, 0.717) is 0 Å². The molecule has 1 aliphatic rings. The molecule has 0 spiro atoms. The molecule has 1 aromatic rings. The van der Waals surface area contributed by atoms with Gasteiger partial charge in [0.25, 0.3) is 0 Å². The second-order valence-corrected chi connectivity index (χ2v) is 4.14. The van der Waals surface area contributed by atoms with Crippen molar-refractivity contribution < 1.29 is 0 Å². The molecule has 0 amide bonds. The minimum absolute atomic E-state index is 0.750. The van der Waals surface area contributed by atoms with E-state index in [9.17, 15) is 0 Å². The molecular weight excluding hydrogens is 170 g/mol. The number of allylic oxidation sites excluding steroid dienone is 1. The molecule has 1 heteroatoms. The van der Waals surface area contributed by atoms with E-state index in [-0.39, 0.29) is 0 Å². The number of benzene rings is 1. The molecule has 1 saturated carbocycles. The van der Waals surface area contributed by atoms with E-state index in [4.69, 9.17) is 0 Å². The van der Waals surface area contributed by atoms with Crippen molar-refractivity contribution in [2.75, 3.05) is 0 Å². The number of nitrogens with one attached hydrogen (secondary N) is 1.